The standard InChI is InChI=1S/C33H42ClN3O4/c1-23(2)26-8-7-9-27(20-26)30-28(14-16-36-31(30)34)33(39,15-5-6-18-40-4)29-22-37(17-19-41-29)32(38)25-12-10-24(11-13-25)21-35-3/h7-14,16,20,23,29,35,39H,5-6,15,17-19,21-22H2,1-4H3. The van der Waals surface area contributed by atoms with Crippen molar-refractivity contribution in [1.82, 2.24) is 15.2 Å². The molecule has 41 heavy (non-hydrogen) atoms. The highest BCUT2D eigenvalue weighted by Gasteiger charge is 2.44. The number of amides is 1. The number of morpholine rings is 1. The predicted octanol–water partition coefficient (Wildman–Crippen LogP) is 5.79. The monoisotopic (exact) mass is 579 g/mol. The van der Waals surface area contributed by atoms with Crippen molar-refractivity contribution in [2.45, 2.75) is 57.3 Å². The lowest BCUT2D eigenvalue weighted by Crippen LogP contribution is -2.54. The van der Waals surface area contributed by atoms with Gasteiger partial charge in [-0.2, -0.15) is 0 Å². The van der Waals surface area contributed by atoms with Gasteiger partial charge < -0.3 is 24.8 Å². The van der Waals surface area contributed by atoms with Crippen molar-refractivity contribution in [1.29, 1.82) is 0 Å². The summed E-state index contributed by atoms with van der Waals surface area (Å²) in [6.45, 7) is 6.65. The molecular weight excluding hydrogens is 538 g/mol. The van der Waals surface area contributed by atoms with Gasteiger partial charge >= 0.3 is 0 Å². The number of aliphatic hydroxyl groups is 1. The first kappa shape index (κ1) is 31.1. The molecule has 1 aliphatic heterocycles. The first-order valence-electron chi connectivity index (χ1n) is 14.4. The molecule has 2 atom stereocenters. The molecule has 0 spiro atoms. The summed E-state index contributed by atoms with van der Waals surface area (Å²) in [5.41, 5.74) is 3.72. The van der Waals surface area contributed by atoms with Gasteiger partial charge in [0.1, 0.15) is 16.9 Å². The van der Waals surface area contributed by atoms with Gasteiger partial charge in [-0.3, -0.25) is 4.79 Å². The molecular formula is C33H42ClN3O4. The van der Waals surface area contributed by atoms with Crippen LogP contribution in [0.2, 0.25) is 5.15 Å². The molecule has 8 heteroatoms. The lowest BCUT2D eigenvalue weighted by molar-refractivity contribution is -0.146. The number of halogens is 1. The highest BCUT2D eigenvalue weighted by Crippen LogP contribution is 2.42. The van der Waals surface area contributed by atoms with E-state index in [-0.39, 0.29) is 12.5 Å². The van der Waals surface area contributed by atoms with Crippen molar-refractivity contribution in [3.8, 4) is 11.1 Å². The Balaban J connectivity index is 1.70. The number of nitrogens with one attached hydrogen (secondary N) is 1. The largest absolute Gasteiger partial charge is 0.385 e. The van der Waals surface area contributed by atoms with Crippen LogP contribution in [0.5, 0.6) is 0 Å². The summed E-state index contributed by atoms with van der Waals surface area (Å²) >= 11 is 6.77. The lowest BCUT2D eigenvalue weighted by atomic mass is 9.79. The fraction of sp³-hybridized carbons (Fsp3) is 0.455. The number of carbonyl (C=O) groups excluding carboxylic acids is 1. The second kappa shape index (κ2) is 14.4. The molecule has 1 amide bonds. The quantitative estimate of drug-likeness (QED) is 0.209. The minimum atomic E-state index is -1.42. The molecule has 0 radical (unpaired) electrons. The van der Waals surface area contributed by atoms with E-state index in [1.807, 2.05) is 49.5 Å². The summed E-state index contributed by atoms with van der Waals surface area (Å²) < 4.78 is 11.5. The second-order valence-electron chi connectivity index (χ2n) is 11.0. The maximum atomic E-state index is 13.5. The molecule has 4 rings (SSSR count). The van der Waals surface area contributed by atoms with Gasteiger partial charge in [0.2, 0.25) is 0 Å². The summed E-state index contributed by atoms with van der Waals surface area (Å²) in [4.78, 5) is 19.7. The second-order valence-corrected chi connectivity index (χ2v) is 11.4. The van der Waals surface area contributed by atoms with Gasteiger partial charge in [0.15, 0.2) is 0 Å². The maximum Gasteiger partial charge on any atom is 0.254 e. The van der Waals surface area contributed by atoms with Crippen LogP contribution in [0.15, 0.2) is 60.8 Å². The Labute approximate surface area is 248 Å². The van der Waals surface area contributed by atoms with E-state index in [4.69, 9.17) is 21.1 Å². The summed E-state index contributed by atoms with van der Waals surface area (Å²) in [7, 11) is 3.57. The van der Waals surface area contributed by atoms with E-state index in [0.29, 0.717) is 60.4 Å². The number of rotatable bonds is 12. The van der Waals surface area contributed by atoms with E-state index >= 15 is 0 Å². The number of hydrogen-bond donors (Lipinski definition) is 2. The Hall–Kier alpha value is -2.81. The Morgan fingerprint density at radius 2 is 2.00 bits per heavy atom. The topological polar surface area (TPSA) is 83.9 Å². The van der Waals surface area contributed by atoms with Crippen molar-refractivity contribution in [2.24, 2.45) is 0 Å². The van der Waals surface area contributed by atoms with Gasteiger partial charge in [0.25, 0.3) is 5.91 Å². The molecule has 1 fully saturated rings. The normalized spacial score (nSPS) is 17.0. The molecule has 2 aromatic carbocycles. The minimum absolute atomic E-state index is 0.0753. The number of methoxy groups -OCH3 is 1. The molecule has 1 aromatic heterocycles. The number of hydrogen-bond acceptors (Lipinski definition) is 6. The van der Waals surface area contributed by atoms with Crippen LogP contribution in [0.1, 0.15) is 66.1 Å². The summed E-state index contributed by atoms with van der Waals surface area (Å²) in [6, 6.07) is 17.7. The van der Waals surface area contributed by atoms with Crippen LogP contribution in [0.3, 0.4) is 0 Å². The third kappa shape index (κ3) is 7.34. The smallest absolute Gasteiger partial charge is 0.254 e. The molecule has 1 saturated heterocycles. The number of benzene rings is 2. The molecule has 2 N–H and O–H groups in total. The van der Waals surface area contributed by atoms with Crippen LogP contribution in [0.25, 0.3) is 11.1 Å². The van der Waals surface area contributed by atoms with E-state index in [9.17, 15) is 9.90 Å². The lowest BCUT2D eigenvalue weighted by Gasteiger charge is -2.43. The first-order valence-corrected chi connectivity index (χ1v) is 14.8. The number of nitrogens with zero attached hydrogens (tertiary/aromatic N) is 2. The molecule has 2 heterocycles. The van der Waals surface area contributed by atoms with E-state index in [1.54, 1.807) is 18.2 Å². The Kier molecular flexibility index (Phi) is 10.9. The highest BCUT2D eigenvalue weighted by molar-refractivity contribution is 6.32. The molecule has 1 aliphatic rings. The number of pyridine rings is 1. The SMILES string of the molecule is CNCc1ccc(C(=O)N2CCOC(C(O)(CCCCOC)c3ccnc(Cl)c3-c3cccc(C(C)C)c3)C2)cc1. The van der Waals surface area contributed by atoms with E-state index in [0.717, 1.165) is 24.1 Å². The van der Waals surface area contributed by atoms with Crippen LogP contribution < -0.4 is 5.32 Å². The summed E-state index contributed by atoms with van der Waals surface area (Å²) in [5.74, 6) is 0.254. The van der Waals surface area contributed by atoms with Gasteiger partial charge in [-0.25, -0.2) is 4.98 Å². The molecule has 0 aliphatic carbocycles. The molecule has 3 aromatic rings. The van der Waals surface area contributed by atoms with Crippen molar-refractivity contribution in [3.05, 3.63) is 88.2 Å². The third-order valence-electron chi connectivity index (χ3n) is 7.84. The zero-order valence-electron chi connectivity index (χ0n) is 24.5. The van der Waals surface area contributed by atoms with E-state index < -0.39 is 11.7 Å². The van der Waals surface area contributed by atoms with Crippen molar-refractivity contribution in [2.75, 3.05) is 40.5 Å². The van der Waals surface area contributed by atoms with Crippen LogP contribution >= 0.6 is 11.6 Å². The molecule has 0 saturated carbocycles. The van der Waals surface area contributed by atoms with Crippen molar-refractivity contribution < 1.29 is 19.4 Å². The average Bonchev–Trinajstić information content (AvgIpc) is 2.99. The zero-order valence-corrected chi connectivity index (χ0v) is 25.3. The summed E-state index contributed by atoms with van der Waals surface area (Å²) in [5, 5.41) is 16.1. The average molecular weight is 580 g/mol. The minimum Gasteiger partial charge on any atom is -0.385 e. The number of unbranched alkanes of at least 4 members (excludes halogenated alkanes) is 1. The van der Waals surface area contributed by atoms with Crippen LogP contribution in [0.4, 0.5) is 0 Å². The van der Waals surface area contributed by atoms with E-state index in [2.05, 4.69) is 36.3 Å². The molecule has 7 nitrogen and oxygen atoms in total. The molecule has 0 bridgehead atoms. The summed E-state index contributed by atoms with van der Waals surface area (Å²) in [6.07, 6.45) is 2.88. The Bertz CT molecular complexity index is 1300. The van der Waals surface area contributed by atoms with Crippen molar-refractivity contribution in [3.63, 3.8) is 0 Å². The molecule has 2 unspecified atom stereocenters. The van der Waals surface area contributed by atoms with Gasteiger partial charge in [-0.05, 0) is 72.7 Å². The third-order valence-corrected chi connectivity index (χ3v) is 8.12. The highest BCUT2D eigenvalue weighted by atomic mass is 35.5. The fourth-order valence-electron chi connectivity index (χ4n) is 5.51. The number of aromatic nitrogens is 1. The Morgan fingerprint density at radius 3 is 2.71 bits per heavy atom. The number of ether oxygens (including phenoxy) is 2. The van der Waals surface area contributed by atoms with Crippen molar-refractivity contribution >= 4 is 17.5 Å². The van der Waals surface area contributed by atoms with Crippen LogP contribution in [0, 0.1) is 0 Å². The van der Waals surface area contributed by atoms with E-state index in [1.165, 1.54) is 5.56 Å². The zero-order chi connectivity index (χ0) is 29.4. The van der Waals surface area contributed by atoms with Crippen LogP contribution in [-0.2, 0) is 21.6 Å². The predicted molar refractivity (Wildman–Crippen MR) is 163 cm³/mol. The number of carbonyl (C=O) groups is 1. The van der Waals surface area contributed by atoms with Gasteiger partial charge in [-0.1, -0.05) is 61.8 Å². The maximum absolute atomic E-state index is 13.5. The van der Waals surface area contributed by atoms with Gasteiger partial charge in [0.05, 0.1) is 13.2 Å². The van der Waals surface area contributed by atoms with Gasteiger partial charge in [-0.15, -0.1) is 0 Å². The Morgan fingerprint density at radius 1 is 1.22 bits per heavy atom. The first-order chi connectivity index (χ1) is 19.8. The van der Waals surface area contributed by atoms with Crippen LogP contribution in [-0.4, -0.2) is 67.5 Å². The fourth-order valence-corrected chi connectivity index (χ4v) is 5.78. The molecule has 220 valence electrons. The van der Waals surface area contributed by atoms with Gasteiger partial charge in [0, 0.05) is 44.1 Å².